The molecule has 0 spiro atoms. The van der Waals surface area contributed by atoms with E-state index in [1.165, 1.54) is 11.1 Å². The lowest BCUT2D eigenvalue weighted by Gasteiger charge is -2.21. The number of aryl methyl sites for hydroxylation is 2. The lowest BCUT2D eigenvalue weighted by molar-refractivity contribution is -0.141. The average molecular weight is 297 g/mol. The third kappa shape index (κ3) is 2.67. The van der Waals surface area contributed by atoms with Gasteiger partial charge in [0, 0.05) is 24.2 Å². The molecule has 0 amide bonds. The van der Waals surface area contributed by atoms with Crippen LogP contribution in [0.2, 0.25) is 0 Å². The molecule has 0 radical (unpaired) electrons. The Morgan fingerprint density at radius 3 is 3.05 bits per heavy atom. The summed E-state index contributed by atoms with van der Waals surface area (Å²) in [5, 5.41) is 16.5. The molecule has 0 aliphatic carbocycles. The number of carboxylic acids is 1. The summed E-state index contributed by atoms with van der Waals surface area (Å²) in [5.74, 6) is -0.814. The minimum absolute atomic E-state index is 0.554. The highest BCUT2D eigenvalue weighted by atomic mass is 16.4. The Labute approximate surface area is 129 Å². The predicted octanol–water partition coefficient (Wildman–Crippen LogP) is 2.52. The largest absolute Gasteiger partial charge is 0.480 e. The van der Waals surface area contributed by atoms with E-state index in [4.69, 9.17) is 0 Å². The first-order chi connectivity index (χ1) is 10.6. The number of carbonyl (C=O) groups is 1. The average Bonchev–Trinajstić information content (AvgIpc) is 3.11. The van der Waals surface area contributed by atoms with Crippen molar-refractivity contribution in [3.8, 4) is 11.3 Å². The highest BCUT2D eigenvalue weighted by Gasteiger charge is 2.27. The van der Waals surface area contributed by atoms with Crippen LogP contribution in [0.4, 0.5) is 0 Å². The van der Waals surface area contributed by atoms with Gasteiger partial charge in [0.15, 0.2) is 0 Å². The Balaban J connectivity index is 1.90. The third-order valence-corrected chi connectivity index (χ3v) is 4.06. The van der Waals surface area contributed by atoms with Crippen molar-refractivity contribution >= 4 is 5.97 Å². The highest BCUT2D eigenvalue weighted by Crippen LogP contribution is 2.27. The predicted molar refractivity (Wildman–Crippen MR) is 84.5 cm³/mol. The van der Waals surface area contributed by atoms with Crippen molar-refractivity contribution in [2.24, 2.45) is 0 Å². The molecule has 1 aliphatic rings. The maximum atomic E-state index is 11.3. The third-order valence-electron chi connectivity index (χ3n) is 4.06. The van der Waals surface area contributed by atoms with Crippen LogP contribution in [0.25, 0.3) is 11.3 Å². The molecule has 1 aromatic heterocycles. The van der Waals surface area contributed by atoms with E-state index in [0.717, 1.165) is 16.8 Å². The molecule has 1 unspecified atom stereocenters. The fourth-order valence-corrected chi connectivity index (χ4v) is 2.85. The molecule has 0 saturated carbocycles. The number of carboxylic acid groups (broad SMARTS) is 1. The Morgan fingerprint density at radius 2 is 2.27 bits per heavy atom. The van der Waals surface area contributed by atoms with Crippen LogP contribution in [-0.2, 0) is 11.3 Å². The molecule has 0 bridgehead atoms. The van der Waals surface area contributed by atoms with E-state index in [-0.39, 0.29) is 0 Å². The normalized spacial score (nSPS) is 18.0. The zero-order chi connectivity index (χ0) is 15.7. The fraction of sp³-hybridized carbons (Fsp3) is 0.294. The van der Waals surface area contributed by atoms with Gasteiger partial charge in [0.2, 0.25) is 0 Å². The first kappa shape index (κ1) is 14.5. The number of H-pyrrole nitrogens is 1. The van der Waals surface area contributed by atoms with Crippen molar-refractivity contribution in [1.82, 2.24) is 15.1 Å². The summed E-state index contributed by atoms with van der Waals surface area (Å²) in [4.78, 5) is 13.2. The number of aliphatic carboxylic acids is 1. The van der Waals surface area contributed by atoms with E-state index < -0.39 is 12.0 Å². The van der Waals surface area contributed by atoms with Crippen molar-refractivity contribution in [2.75, 3.05) is 6.54 Å². The summed E-state index contributed by atoms with van der Waals surface area (Å²) in [5.41, 5.74) is 5.46. The molecular formula is C17H19N3O2. The maximum absolute atomic E-state index is 11.3. The zero-order valence-electron chi connectivity index (χ0n) is 12.7. The number of hydrogen-bond donors (Lipinski definition) is 2. The molecule has 1 aromatic carbocycles. The number of nitrogens with one attached hydrogen (secondary N) is 1. The Hall–Kier alpha value is -2.40. The van der Waals surface area contributed by atoms with Crippen LogP contribution in [0.5, 0.6) is 0 Å². The van der Waals surface area contributed by atoms with Crippen molar-refractivity contribution in [3.63, 3.8) is 0 Å². The van der Waals surface area contributed by atoms with Gasteiger partial charge in [0.25, 0.3) is 0 Å². The number of aromatic amines is 1. The topological polar surface area (TPSA) is 69.2 Å². The van der Waals surface area contributed by atoms with E-state index in [1.54, 1.807) is 12.3 Å². The van der Waals surface area contributed by atoms with Gasteiger partial charge in [0.05, 0.1) is 11.9 Å². The van der Waals surface area contributed by atoms with E-state index in [2.05, 4.69) is 42.2 Å². The van der Waals surface area contributed by atoms with Crippen LogP contribution in [0.1, 0.15) is 16.7 Å². The van der Waals surface area contributed by atoms with E-state index in [0.29, 0.717) is 13.1 Å². The molecule has 0 fully saturated rings. The van der Waals surface area contributed by atoms with E-state index in [1.807, 2.05) is 11.0 Å². The highest BCUT2D eigenvalue weighted by molar-refractivity contribution is 5.76. The summed E-state index contributed by atoms with van der Waals surface area (Å²) in [6.07, 6.45) is 5.42. The minimum atomic E-state index is -0.814. The molecule has 114 valence electrons. The smallest absolute Gasteiger partial charge is 0.324 e. The number of rotatable bonds is 4. The zero-order valence-corrected chi connectivity index (χ0v) is 12.7. The van der Waals surface area contributed by atoms with Crippen molar-refractivity contribution in [2.45, 2.75) is 26.4 Å². The summed E-state index contributed by atoms with van der Waals surface area (Å²) in [6, 6.07) is 5.75. The van der Waals surface area contributed by atoms with Gasteiger partial charge in [-0.2, -0.15) is 5.10 Å². The summed E-state index contributed by atoms with van der Waals surface area (Å²) in [6.45, 7) is 5.33. The Morgan fingerprint density at radius 1 is 1.45 bits per heavy atom. The fourth-order valence-electron chi connectivity index (χ4n) is 2.85. The second kappa shape index (κ2) is 5.77. The first-order valence-corrected chi connectivity index (χ1v) is 7.29. The van der Waals surface area contributed by atoms with Gasteiger partial charge in [-0.3, -0.25) is 14.8 Å². The van der Waals surface area contributed by atoms with Gasteiger partial charge >= 0.3 is 5.97 Å². The Bertz CT molecular complexity index is 733. The number of hydrogen-bond acceptors (Lipinski definition) is 3. The Kier molecular flexibility index (Phi) is 3.81. The molecule has 1 aliphatic heterocycles. The molecule has 5 nitrogen and oxygen atoms in total. The van der Waals surface area contributed by atoms with Gasteiger partial charge in [0.1, 0.15) is 6.04 Å². The van der Waals surface area contributed by atoms with Crippen LogP contribution in [0.3, 0.4) is 0 Å². The van der Waals surface area contributed by atoms with Crippen LogP contribution in [0.15, 0.2) is 36.5 Å². The van der Waals surface area contributed by atoms with Gasteiger partial charge in [-0.1, -0.05) is 29.8 Å². The summed E-state index contributed by atoms with van der Waals surface area (Å²) < 4.78 is 0. The molecular weight excluding hydrogens is 278 g/mol. The van der Waals surface area contributed by atoms with Crippen molar-refractivity contribution < 1.29 is 9.90 Å². The molecule has 2 heterocycles. The van der Waals surface area contributed by atoms with Crippen molar-refractivity contribution in [1.29, 1.82) is 0 Å². The monoisotopic (exact) mass is 297 g/mol. The first-order valence-electron chi connectivity index (χ1n) is 7.29. The number of nitrogens with zero attached hydrogens (tertiary/aromatic N) is 2. The van der Waals surface area contributed by atoms with Crippen LogP contribution < -0.4 is 0 Å². The summed E-state index contributed by atoms with van der Waals surface area (Å²) >= 11 is 0. The molecule has 5 heteroatoms. The van der Waals surface area contributed by atoms with Crippen LogP contribution >= 0.6 is 0 Å². The molecule has 2 aromatic rings. The lowest BCUT2D eigenvalue weighted by atomic mass is 10.00. The maximum Gasteiger partial charge on any atom is 0.324 e. The molecule has 22 heavy (non-hydrogen) atoms. The van der Waals surface area contributed by atoms with E-state index >= 15 is 0 Å². The number of aromatic nitrogens is 2. The summed E-state index contributed by atoms with van der Waals surface area (Å²) in [7, 11) is 0. The van der Waals surface area contributed by atoms with Crippen molar-refractivity contribution in [3.05, 3.63) is 53.2 Å². The van der Waals surface area contributed by atoms with Crippen LogP contribution in [0, 0.1) is 13.8 Å². The second-order valence-corrected chi connectivity index (χ2v) is 5.73. The SMILES string of the molecule is Cc1ccc(C)c(-c2[nH]ncc2CN2CC=CC2C(=O)O)c1. The second-order valence-electron chi connectivity index (χ2n) is 5.73. The van der Waals surface area contributed by atoms with Gasteiger partial charge in [-0.25, -0.2) is 0 Å². The molecule has 0 saturated heterocycles. The molecule has 2 N–H and O–H groups in total. The van der Waals surface area contributed by atoms with Gasteiger partial charge in [-0.05, 0) is 25.5 Å². The minimum Gasteiger partial charge on any atom is -0.480 e. The van der Waals surface area contributed by atoms with Crippen LogP contribution in [-0.4, -0.2) is 38.8 Å². The van der Waals surface area contributed by atoms with E-state index in [9.17, 15) is 9.90 Å². The number of benzene rings is 1. The van der Waals surface area contributed by atoms with Gasteiger partial charge in [-0.15, -0.1) is 0 Å². The lowest BCUT2D eigenvalue weighted by Crippen LogP contribution is -2.35. The molecule has 1 atom stereocenters. The van der Waals surface area contributed by atoms with Gasteiger partial charge < -0.3 is 5.11 Å². The standard InChI is InChI=1S/C17H19N3O2/c1-11-5-6-12(2)14(8-11)16-13(9-18-19-16)10-20-7-3-4-15(20)17(21)22/h3-6,8-9,15H,7,10H2,1-2H3,(H,18,19)(H,21,22). The quantitative estimate of drug-likeness (QED) is 0.851. The molecule has 3 rings (SSSR count).